The Bertz CT molecular complexity index is 655. The van der Waals surface area contributed by atoms with E-state index in [4.69, 9.17) is 4.74 Å². The maximum absolute atomic E-state index is 12.8. The Morgan fingerprint density at radius 3 is 2.50 bits per heavy atom. The summed E-state index contributed by atoms with van der Waals surface area (Å²) < 4.78 is 18.2. The monoisotopic (exact) mass is 330 g/mol. The Morgan fingerprint density at radius 1 is 1.12 bits per heavy atom. The number of hydrogen-bond acceptors (Lipinski definition) is 3. The third-order valence-electron chi connectivity index (χ3n) is 3.69. The number of amides is 1. The van der Waals surface area contributed by atoms with E-state index in [1.807, 2.05) is 24.3 Å². The molecule has 0 fully saturated rings. The van der Waals surface area contributed by atoms with Gasteiger partial charge in [0.05, 0.1) is 0 Å². The highest BCUT2D eigenvalue weighted by molar-refractivity contribution is 5.91. The molecule has 0 aliphatic carbocycles. The van der Waals surface area contributed by atoms with Gasteiger partial charge in [-0.1, -0.05) is 26.0 Å². The van der Waals surface area contributed by atoms with E-state index in [1.54, 1.807) is 0 Å². The van der Waals surface area contributed by atoms with E-state index in [2.05, 4.69) is 24.1 Å². The summed E-state index contributed by atoms with van der Waals surface area (Å²) in [5.41, 5.74) is 1.89. The molecular formula is C19H23FN2O2. The van der Waals surface area contributed by atoms with Crippen molar-refractivity contribution in [2.24, 2.45) is 0 Å². The number of rotatable bonds is 8. The first kappa shape index (κ1) is 17.9. The predicted octanol–water partition coefficient (Wildman–Crippen LogP) is 3.69. The molecule has 24 heavy (non-hydrogen) atoms. The number of ether oxygens (including phenoxy) is 1. The van der Waals surface area contributed by atoms with Gasteiger partial charge < -0.3 is 10.1 Å². The highest BCUT2D eigenvalue weighted by Gasteiger charge is 2.06. The van der Waals surface area contributed by atoms with Crippen molar-refractivity contribution in [1.29, 1.82) is 0 Å². The Labute approximate surface area is 142 Å². The second-order valence-electron chi connectivity index (χ2n) is 5.45. The van der Waals surface area contributed by atoms with Crippen LogP contribution in [-0.2, 0) is 11.3 Å². The molecular weight excluding hydrogens is 307 g/mol. The van der Waals surface area contributed by atoms with Crippen molar-refractivity contribution in [3.63, 3.8) is 0 Å². The van der Waals surface area contributed by atoms with Crippen LogP contribution in [0.15, 0.2) is 48.5 Å². The lowest BCUT2D eigenvalue weighted by Gasteiger charge is -2.18. The van der Waals surface area contributed by atoms with Crippen LogP contribution in [0.2, 0.25) is 0 Å². The van der Waals surface area contributed by atoms with Crippen LogP contribution in [-0.4, -0.2) is 30.5 Å². The van der Waals surface area contributed by atoms with Crippen LogP contribution in [0.1, 0.15) is 19.4 Å². The van der Waals surface area contributed by atoms with E-state index >= 15 is 0 Å². The number of benzene rings is 2. The van der Waals surface area contributed by atoms with E-state index in [0.717, 1.165) is 30.9 Å². The summed E-state index contributed by atoms with van der Waals surface area (Å²) in [6, 6.07) is 13.4. The predicted molar refractivity (Wildman–Crippen MR) is 93.6 cm³/mol. The molecule has 0 unspecified atom stereocenters. The normalized spacial score (nSPS) is 10.7. The fourth-order valence-corrected chi connectivity index (χ4v) is 2.33. The van der Waals surface area contributed by atoms with Crippen molar-refractivity contribution in [2.75, 3.05) is 25.0 Å². The fourth-order valence-electron chi connectivity index (χ4n) is 2.33. The molecule has 5 heteroatoms. The number of nitrogens with one attached hydrogen (secondary N) is 1. The number of carbonyl (C=O) groups is 1. The van der Waals surface area contributed by atoms with Crippen LogP contribution < -0.4 is 10.1 Å². The zero-order valence-electron chi connectivity index (χ0n) is 14.1. The van der Waals surface area contributed by atoms with Crippen LogP contribution in [0.4, 0.5) is 10.1 Å². The molecule has 2 aromatic carbocycles. The van der Waals surface area contributed by atoms with Crippen molar-refractivity contribution in [3.8, 4) is 5.75 Å². The van der Waals surface area contributed by atoms with Crippen LogP contribution in [0, 0.1) is 5.82 Å². The third-order valence-corrected chi connectivity index (χ3v) is 3.69. The highest BCUT2D eigenvalue weighted by Crippen LogP contribution is 2.14. The SMILES string of the molecule is CCN(CC)Cc1cccc(NC(=O)COc2ccc(F)cc2)c1. The van der Waals surface area contributed by atoms with E-state index in [0.29, 0.717) is 5.75 Å². The number of nitrogens with zero attached hydrogens (tertiary/aromatic N) is 1. The average Bonchev–Trinajstić information content (AvgIpc) is 2.59. The summed E-state index contributed by atoms with van der Waals surface area (Å²) >= 11 is 0. The molecule has 0 atom stereocenters. The smallest absolute Gasteiger partial charge is 0.262 e. The van der Waals surface area contributed by atoms with Gasteiger partial charge in [-0.25, -0.2) is 4.39 Å². The van der Waals surface area contributed by atoms with Gasteiger partial charge in [0.1, 0.15) is 11.6 Å². The van der Waals surface area contributed by atoms with E-state index in [1.165, 1.54) is 24.3 Å². The molecule has 0 aliphatic rings. The standard InChI is InChI=1S/C19H23FN2O2/c1-3-22(4-2)13-15-6-5-7-17(12-15)21-19(23)14-24-18-10-8-16(20)9-11-18/h5-12H,3-4,13-14H2,1-2H3,(H,21,23). The molecule has 0 saturated carbocycles. The molecule has 0 spiro atoms. The van der Waals surface area contributed by atoms with Crippen molar-refractivity contribution in [1.82, 2.24) is 4.90 Å². The zero-order valence-corrected chi connectivity index (χ0v) is 14.1. The minimum Gasteiger partial charge on any atom is -0.484 e. The van der Waals surface area contributed by atoms with Gasteiger partial charge in [0.2, 0.25) is 0 Å². The van der Waals surface area contributed by atoms with Gasteiger partial charge in [-0.3, -0.25) is 9.69 Å². The van der Waals surface area contributed by atoms with E-state index < -0.39 is 0 Å². The van der Waals surface area contributed by atoms with Crippen molar-refractivity contribution >= 4 is 11.6 Å². The molecule has 128 valence electrons. The second kappa shape index (κ2) is 9.03. The lowest BCUT2D eigenvalue weighted by atomic mass is 10.2. The molecule has 1 amide bonds. The van der Waals surface area contributed by atoms with Crippen molar-refractivity contribution < 1.29 is 13.9 Å². The first-order chi connectivity index (χ1) is 11.6. The molecule has 0 aromatic heterocycles. The molecule has 2 aromatic rings. The maximum Gasteiger partial charge on any atom is 0.262 e. The lowest BCUT2D eigenvalue weighted by molar-refractivity contribution is -0.118. The topological polar surface area (TPSA) is 41.6 Å². The minimum atomic E-state index is -0.336. The first-order valence-electron chi connectivity index (χ1n) is 8.10. The molecule has 0 heterocycles. The van der Waals surface area contributed by atoms with Crippen LogP contribution in [0.3, 0.4) is 0 Å². The fraction of sp³-hybridized carbons (Fsp3) is 0.316. The van der Waals surface area contributed by atoms with E-state index in [-0.39, 0.29) is 18.3 Å². The molecule has 4 nitrogen and oxygen atoms in total. The van der Waals surface area contributed by atoms with Gasteiger partial charge in [0.25, 0.3) is 5.91 Å². The average molecular weight is 330 g/mol. The molecule has 0 radical (unpaired) electrons. The van der Waals surface area contributed by atoms with Gasteiger partial charge in [-0.2, -0.15) is 0 Å². The summed E-state index contributed by atoms with van der Waals surface area (Å²) in [7, 11) is 0. The quantitative estimate of drug-likeness (QED) is 0.803. The van der Waals surface area contributed by atoms with Crippen molar-refractivity contribution in [2.45, 2.75) is 20.4 Å². The summed E-state index contributed by atoms with van der Waals surface area (Å²) in [6.45, 7) is 6.95. The molecule has 0 saturated heterocycles. The second-order valence-corrected chi connectivity index (χ2v) is 5.45. The largest absolute Gasteiger partial charge is 0.484 e. The third kappa shape index (κ3) is 5.66. The molecule has 1 N–H and O–H groups in total. The minimum absolute atomic E-state index is 0.119. The van der Waals surface area contributed by atoms with Gasteiger partial charge >= 0.3 is 0 Å². The number of carbonyl (C=O) groups excluding carboxylic acids is 1. The molecule has 0 bridgehead atoms. The summed E-state index contributed by atoms with van der Waals surface area (Å²) in [5, 5.41) is 2.82. The van der Waals surface area contributed by atoms with Crippen LogP contribution in [0.5, 0.6) is 5.75 Å². The Balaban J connectivity index is 1.88. The number of hydrogen-bond donors (Lipinski definition) is 1. The van der Waals surface area contributed by atoms with Gasteiger partial charge in [0.15, 0.2) is 6.61 Å². The first-order valence-corrected chi connectivity index (χ1v) is 8.10. The highest BCUT2D eigenvalue weighted by atomic mass is 19.1. The lowest BCUT2D eigenvalue weighted by Crippen LogP contribution is -2.22. The molecule has 0 aliphatic heterocycles. The summed E-state index contributed by atoms with van der Waals surface area (Å²) in [6.07, 6.45) is 0. The summed E-state index contributed by atoms with van der Waals surface area (Å²) in [5.74, 6) is -0.127. The summed E-state index contributed by atoms with van der Waals surface area (Å²) in [4.78, 5) is 14.3. The van der Waals surface area contributed by atoms with Gasteiger partial charge in [-0.15, -0.1) is 0 Å². The van der Waals surface area contributed by atoms with Crippen LogP contribution in [0.25, 0.3) is 0 Å². The van der Waals surface area contributed by atoms with Crippen LogP contribution >= 0.6 is 0 Å². The van der Waals surface area contributed by atoms with Gasteiger partial charge in [-0.05, 0) is 55.1 Å². The van der Waals surface area contributed by atoms with E-state index in [9.17, 15) is 9.18 Å². The van der Waals surface area contributed by atoms with Crippen molar-refractivity contribution in [3.05, 3.63) is 59.9 Å². The maximum atomic E-state index is 12.8. The zero-order chi connectivity index (χ0) is 17.4. The Hall–Kier alpha value is -2.40. The number of halogens is 1. The van der Waals surface area contributed by atoms with Gasteiger partial charge in [0, 0.05) is 12.2 Å². The Kier molecular flexibility index (Phi) is 6.75. The Morgan fingerprint density at radius 2 is 1.83 bits per heavy atom. The number of anilines is 1. The molecule has 2 rings (SSSR count).